The monoisotopic (exact) mass is 1690 g/mol. The number of benzene rings is 18. The molecule has 0 saturated carbocycles. The Morgan fingerprint density at radius 1 is 0.264 bits per heavy atom. The molecule has 0 bridgehead atoms. The molecular formula is C122H92F2N2O2S. The predicted octanol–water partition coefficient (Wildman–Crippen LogP) is 34.1. The fourth-order valence-electron chi connectivity index (χ4n) is 19.6. The molecule has 0 N–H and O–H groups in total. The molecule has 19 aromatic rings. The standard InChI is InChI=1S/C122H92F2N2O2S/c1-9-79-25-61-103(62-26-79)127-105-65-45-93(46-66-105)121(91-41-37-89(38-42-91)119(3,4)5)113-23-13-11-21-107(113)109-69-57-101(77-115(109)121)125(97-53-33-83(34-54-97)87-19-15-17-85(73-87)81-29-49-95(123)50-30-81)99-59-71-117-111(75-99)112-76-100(60-72-118(112)129-117)126(98-55-35-84(36-56-98)88-20-16-18-86(74-88)82-31-51-96(124)52-32-82)102-58-70-110-108-22-12-14-24-114(108)122(116(110)78-102,92-43-39-90(40-44-92)120(6,7)8)94-47-67-106(68-48-94)128-104-63-27-80(10-2)28-64-104/h9-78H,1-2H2,3-8H3. The van der Waals surface area contributed by atoms with E-state index in [0.717, 1.165) is 177 Å². The minimum atomic E-state index is -0.789. The van der Waals surface area contributed by atoms with E-state index in [1.165, 1.54) is 57.6 Å². The highest BCUT2D eigenvalue weighted by molar-refractivity contribution is 7.25. The van der Waals surface area contributed by atoms with Crippen LogP contribution in [0.3, 0.4) is 0 Å². The van der Waals surface area contributed by atoms with Crippen LogP contribution in [0.2, 0.25) is 0 Å². The molecular weight excluding hydrogens is 1600 g/mol. The molecule has 0 spiro atoms. The highest BCUT2D eigenvalue weighted by atomic mass is 32.1. The van der Waals surface area contributed by atoms with Crippen LogP contribution in [0.25, 0.3) is 99.1 Å². The van der Waals surface area contributed by atoms with E-state index in [1.54, 1.807) is 11.3 Å². The van der Waals surface area contributed by atoms with E-state index in [2.05, 4.69) is 380 Å². The summed E-state index contributed by atoms with van der Waals surface area (Å²) in [6.45, 7) is 21.6. The van der Waals surface area contributed by atoms with Crippen molar-refractivity contribution in [2.45, 2.75) is 63.2 Å². The number of anilines is 6. The summed E-state index contributed by atoms with van der Waals surface area (Å²) in [4.78, 5) is 4.88. The van der Waals surface area contributed by atoms with Crippen LogP contribution >= 0.6 is 11.3 Å². The van der Waals surface area contributed by atoms with Gasteiger partial charge in [0.1, 0.15) is 34.6 Å². The molecule has 0 radical (unpaired) electrons. The highest BCUT2D eigenvalue weighted by Crippen LogP contribution is 2.61. The summed E-state index contributed by atoms with van der Waals surface area (Å²) in [6.07, 6.45) is 3.69. The minimum Gasteiger partial charge on any atom is -0.457 e. The molecule has 129 heavy (non-hydrogen) atoms. The number of rotatable bonds is 20. The Labute approximate surface area is 757 Å². The summed E-state index contributed by atoms with van der Waals surface area (Å²) in [5.74, 6) is 2.43. The van der Waals surface area contributed by atoms with Gasteiger partial charge in [0.05, 0.1) is 10.8 Å². The molecule has 18 aromatic carbocycles. The van der Waals surface area contributed by atoms with Crippen molar-refractivity contribution in [2.24, 2.45) is 0 Å². The molecule has 0 saturated heterocycles. The van der Waals surface area contributed by atoms with Gasteiger partial charge >= 0.3 is 0 Å². The van der Waals surface area contributed by atoms with Gasteiger partial charge in [-0.3, -0.25) is 0 Å². The Balaban J connectivity index is 0.743. The van der Waals surface area contributed by atoms with E-state index in [0.29, 0.717) is 0 Å². The first-order chi connectivity index (χ1) is 62.8. The van der Waals surface area contributed by atoms with E-state index in [-0.39, 0.29) is 22.5 Å². The zero-order valence-electron chi connectivity index (χ0n) is 72.7. The van der Waals surface area contributed by atoms with Crippen LogP contribution in [-0.4, -0.2) is 0 Å². The average molecular weight is 1690 g/mol. The SMILES string of the molecule is C=Cc1ccc(Oc2ccc(C3(c4ccc(C(C)(C)C)cc4)c4ccccc4-c4ccc(N(c5ccc(-c6cccc(-c7ccc(F)cc7)c6)cc5)c5ccc6sc7ccc(N(c8ccc(-c9cccc(-c%10ccc(F)cc%10)c9)cc8)c8ccc9c(c8)C(c8ccc(Oc%10ccc(C=C)cc%10)cc8)(c8ccc(C(C)(C)C)cc8)c8ccccc8-9)cc7c6c5)cc43)cc2)cc1. The lowest BCUT2D eigenvalue weighted by molar-refractivity contribution is 0.482. The Morgan fingerprint density at radius 3 is 0.884 bits per heavy atom. The van der Waals surface area contributed by atoms with Crippen molar-refractivity contribution in [3.8, 4) is 89.8 Å². The van der Waals surface area contributed by atoms with Crippen LogP contribution < -0.4 is 19.3 Å². The average Bonchev–Trinajstić information content (AvgIpc) is 1.54. The Bertz CT molecular complexity index is 7050. The molecule has 0 aliphatic heterocycles. The Morgan fingerprint density at radius 2 is 0.550 bits per heavy atom. The van der Waals surface area contributed by atoms with E-state index < -0.39 is 10.8 Å². The van der Waals surface area contributed by atoms with Crippen molar-refractivity contribution in [2.75, 3.05) is 9.80 Å². The summed E-state index contributed by atoms with van der Waals surface area (Å²) in [6, 6.07) is 147. The van der Waals surface area contributed by atoms with E-state index in [9.17, 15) is 8.78 Å². The summed E-state index contributed by atoms with van der Waals surface area (Å²) in [5, 5.41) is 2.24. The zero-order valence-corrected chi connectivity index (χ0v) is 73.5. The van der Waals surface area contributed by atoms with Crippen molar-refractivity contribution in [1.82, 2.24) is 0 Å². The molecule has 0 amide bonds. The summed E-state index contributed by atoms with van der Waals surface area (Å²) >= 11 is 1.80. The van der Waals surface area contributed by atoms with E-state index in [1.807, 2.05) is 84.9 Å². The first kappa shape index (κ1) is 80.8. The van der Waals surface area contributed by atoms with E-state index in [4.69, 9.17) is 9.47 Å². The van der Waals surface area contributed by atoms with Crippen molar-refractivity contribution in [3.05, 3.63) is 504 Å². The fraction of sp³-hybridized carbons (Fsp3) is 0.0820. The molecule has 2 aliphatic carbocycles. The van der Waals surface area contributed by atoms with Gasteiger partial charge in [-0.1, -0.05) is 310 Å². The maximum Gasteiger partial charge on any atom is 0.127 e. The fourth-order valence-corrected chi connectivity index (χ4v) is 20.6. The summed E-state index contributed by atoms with van der Waals surface area (Å²) in [5.41, 5.74) is 30.7. The maximum atomic E-state index is 14.4. The number of hydrogen-bond acceptors (Lipinski definition) is 5. The first-order valence-electron chi connectivity index (χ1n) is 44.1. The smallest absolute Gasteiger partial charge is 0.127 e. The van der Waals surface area contributed by atoms with Gasteiger partial charge in [-0.2, -0.15) is 0 Å². The second kappa shape index (κ2) is 32.6. The van der Waals surface area contributed by atoms with Crippen LogP contribution in [-0.2, 0) is 21.7 Å². The normalized spacial score (nSPS) is 14.3. The minimum absolute atomic E-state index is 0.0863. The molecule has 622 valence electrons. The zero-order chi connectivity index (χ0) is 87.9. The molecule has 21 rings (SSSR count). The Hall–Kier alpha value is -15.3. The van der Waals surface area contributed by atoms with Gasteiger partial charge < -0.3 is 19.3 Å². The molecule has 0 fully saturated rings. The van der Waals surface area contributed by atoms with Gasteiger partial charge in [0, 0.05) is 54.3 Å². The van der Waals surface area contributed by atoms with Crippen LogP contribution in [0.15, 0.2) is 426 Å². The third kappa shape index (κ3) is 14.7. The van der Waals surface area contributed by atoms with Gasteiger partial charge in [-0.15, -0.1) is 11.3 Å². The molecule has 2 aliphatic rings. The molecule has 1 heterocycles. The molecule has 2 unspecified atom stereocenters. The molecule has 2 atom stereocenters. The summed E-state index contributed by atoms with van der Waals surface area (Å²) in [7, 11) is 0. The third-order valence-electron chi connectivity index (χ3n) is 26.2. The van der Waals surface area contributed by atoms with Crippen molar-refractivity contribution >= 4 is 77.8 Å². The lowest BCUT2D eigenvalue weighted by Gasteiger charge is -2.35. The van der Waals surface area contributed by atoms with Crippen LogP contribution in [0.1, 0.15) is 108 Å². The van der Waals surface area contributed by atoms with Gasteiger partial charge in [-0.05, 0) is 314 Å². The second-order valence-corrected chi connectivity index (χ2v) is 37.0. The van der Waals surface area contributed by atoms with Gasteiger partial charge in [0.2, 0.25) is 0 Å². The highest BCUT2D eigenvalue weighted by Gasteiger charge is 2.49. The number of ether oxygens (including phenoxy) is 2. The van der Waals surface area contributed by atoms with E-state index >= 15 is 0 Å². The lowest BCUT2D eigenvalue weighted by Crippen LogP contribution is -2.29. The molecule has 7 heteroatoms. The van der Waals surface area contributed by atoms with Gasteiger partial charge in [0.15, 0.2) is 0 Å². The van der Waals surface area contributed by atoms with Crippen molar-refractivity contribution in [1.29, 1.82) is 0 Å². The van der Waals surface area contributed by atoms with Crippen molar-refractivity contribution in [3.63, 3.8) is 0 Å². The lowest BCUT2D eigenvalue weighted by atomic mass is 9.67. The van der Waals surface area contributed by atoms with Crippen LogP contribution in [0.5, 0.6) is 23.0 Å². The second-order valence-electron chi connectivity index (χ2n) is 35.9. The largest absolute Gasteiger partial charge is 0.457 e. The van der Waals surface area contributed by atoms with Gasteiger partial charge in [-0.25, -0.2) is 8.78 Å². The van der Waals surface area contributed by atoms with Gasteiger partial charge in [0.25, 0.3) is 0 Å². The number of nitrogens with zero attached hydrogens (tertiary/aromatic N) is 2. The van der Waals surface area contributed by atoms with Crippen LogP contribution in [0.4, 0.5) is 42.9 Å². The number of fused-ring (bicyclic) bond motifs is 9. The maximum absolute atomic E-state index is 14.4. The topological polar surface area (TPSA) is 24.9 Å². The number of halogens is 2. The molecule has 4 nitrogen and oxygen atoms in total. The number of hydrogen-bond donors (Lipinski definition) is 0. The van der Waals surface area contributed by atoms with Crippen molar-refractivity contribution < 1.29 is 18.3 Å². The third-order valence-corrected chi connectivity index (χ3v) is 27.3. The Kier molecular flexibility index (Phi) is 20.4. The number of thiophene rings is 1. The molecule has 1 aromatic heterocycles. The predicted molar refractivity (Wildman–Crippen MR) is 536 cm³/mol. The van der Waals surface area contributed by atoms with Crippen LogP contribution in [0, 0.1) is 11.6 Å². The quantitative estimate of drug-likeness (QED) is 0.0759. The summed E-state index contributed by atoms with van der Waals surface area (Å²) < 4.78 is 44.3. The first-order valence-corrected chi connectivity index (χ1v) is 44.9.